The summed E-state index contributed by atoms with van der Waals surface area (Å²) in [5, 5.41) is 16.9. The lowest BCUT2D eigenvalue weighted by Crippen LogP contribution is -2.28. The van der Waals surface area contributed by atoms with E-state index in [1.54, 1.807) is 16.8 Å². The Morgan fingerprint density at radius 2 is 1.95 bits per heavy atom. The van der Waals surface area contributed by atoms with E-state index in [1.807, 2.05) is 48.5 Å². The Morgan fingerprint density at radius 3 is 2.71 bits per heavy atom. The summed E-state index contributed by atoms with van der Waals surface area (Å²) < 4.78 is 1.64. The number of pyridine rings is 1. The van der Waals surface area contributed by atoms with Gasteiger partial charge in [-0.2, -0.15) is 5.10 Å². The van der Waals surface area contributed by atoms with Crippen molar-refractivity contribution >= 4 is 11.4 Å². The number of aliphatic hydroxyl groups excluding tert-OH is 1. The van der Waals surface area contributed by atoms with Gasteiger partial charge in [0.25, 0.3) is 5.91 Å². The van der Waals surface area contributed by atoms with Crippen LogP contribution in [0.3, 0.4) is 0 Å². The molecule has 1 aromatic carbocycles. The summed E-state index contributed by atoms with van der Waals surface area (Å²) in [5.74, 6) is -0.298. The van der Waals surface area contributed by atoms with Gasteiger partial charge >= 0.3 is 0 Å². The van der Waals surface area contributed by atoms with Crippen molar-refractivity contribution in [2.75, 3.05) is 6.54 Å². The van der Waals surface area contributed by atoms with Gasteiger partial charge in [0, 0.05) is 12.7 Å². The molecule has 2 aromatic heterocycles. The summed E-state index contributed by atoms with van der Waals surface area (Å²) in [7, 11) is 0. The zero-order valence-corrected chi connectivity index (χ0v) is 11.3. The van der Waals surface area contributed by atoms with Crippen molar-refractivity contribution in [3.63, 3.8) is 0 Å². The van der Waals surface area contributed by atoms with Crippen LogP contribution in [0, 0.1) is 0 Å². The summed E-state index contributed by atoms with van der Waals surface area (Å²) in [5.41, 5.74) is 1.96. The minimum absolute atomic E-state index is 0.150. The Hall–Kier alpha value is -2.66. The van der Waals surface area contributed by atoms with Crippen molar-refractivity contribution in [3.05, 3.63) is 72.1 Å². The minimum atomic E-state index is -0.729. The van der Waals surface area contributed by atoms with Crippen molar-refractivity contribution in [1.82, 2.24) is 14.9 Å². The molecule has 2 heterocycles. The molecule has 2 N–H and O–H groups in total. The lowest BCUT2D eigenvalue weighted by Gasteiger charge is -2.11. The van der Waals surface area contributed by atoms with Crippen molar-refractivity contribution < 1.29 is 9.90 Å². The van der Waals surface area contributed by atoms with Crippen LogP contribution in [0.1, 0.15) is 22.2 Å². The number of rotatable bonds is 4. The number of benzene rings is 1. The molecule has 0 saturated carbocycles. The average molecular weight is 281 g/mol. The first-order chi connectivity index (χ1) is 10.2. The smallest absolute Gasteiger partial charge is 0.271 e. The molecule has 21 heavy (non-hydrogen) atoms. The van der Waals surface area contributed by atoms with Crippen LogP contribution in [0.4, 0.5) is 0 Å². The number of carbonyl (C=O) groups is 1. The van der Waals surface area contributed by atoms with Gasteiger partial charge in [0.15, 0.2) is 5.69 Å². The molecule has 0 fully saturated rings. The Morgan fingerprint density at radius 1 is 1.19 bits per heavy atom. The number of hydrogen-bond donors (Lipinski definition) is 2. The molecule has 1 amide bonds. The van der Waals surface area contributed by atoms with Gasteiger partial charge in [-0.1, -0.05) is 36.4 Å². The number of hydrogen-bond acceptors (Lipinski definition) is 3. The van der Waals surface area contributed by atoms with Crippen molar-refractivity contribution in [1.29, 1.82) is 0 Å². The van der Waals surface area contributed by atoms with Gasteiger partial charge in [0.2, 0.25) is 0 Å². The topological polar surface area (TPSA) is 66.6 Å². The number of nitrogens with one attached hydrogen (secondary N) is 1. The first-order valence-corrected chi connectivity index (χ1v) is 6.69. The third-order valence-corrected chi connectivity index (χ3v) is 3.24. The number of aliphatic hydroxyl groups is 1. The molecule has 3 rings (SSSR count). The van der Waals surface area contributed by atoms with Crippen LogP contribution in [0.15, 0.2) is 60.8 Å². The predicted octanol–water partition coefficient (Wildman–Crippen LogP) is 1.80. The van der Waals surface area contributed by atoms with Crippen LogP contribution < -0.4 is 5.32 Å². The van der Waals surface area contributed by atoms with Crippen molar-refractivity contribution in [2.24, 2.45) is 0 Å². The molecule has 1 atom stereocenters. The molecule has 0 aliphatic heterocycles. The van der Waals surface area contributed by atoms with Gasteiger partial charge in [-0.05, 0) is 23.8 Å². The van der Waals surface area contributed by atoms with E-state index >= 15 is 0 Å². The summed E-state index contributed by atoms with van der Waals surface area (Å²) in [6.07, 6.45) is 1.05. The van der Waals surface area contributed by atoms with Crippen molar-refractivity contribution in [3.8, 4) is 0 Å². The highest BCUT2D eigenvalue weighted by molar-refractivity contribution is 5.93. The highest BCUT2D eigenvalue weighted by Crippen LogP contribution is 2.11. The van der Waals surface area contributed by atoms with Gasteiger partial charge in [-0.15, -0.1) is 0 Å². The normalized spacial score (nSPS) is 12.2. The molecule has 5 heteroatoms. The Kier molecular flexibility index (Phi) is 3.66. The van der Waals surface area contributed by atoms with E-state index in [-0.39, 0.29) is 12.5 Å². The second-order valence-corrected chi connectivity index (χ2v) is 4.74. The fraction of sp³-hybridized carbons (Fsp3) is 0.125. The van der Waals surface area contributed by atoms with E-state index in [9.17, 15) is 9.90 Å². The fourth-order valence-corrected chi connectivity index (χ4v) is 2.12. The molecule has 0 spiro atoms. The molecular weight excluding hydrogens is 266 g/mol. The van der Waals surface area contributed by atoms with Crippen LogP contribution in [-0.2, 0) is 0 Å². The summed E-state index contributed by atoms with van der Waals surface area (Å²) in [4.78, 5) is 12.1. The predicted molar refractivity (Wildman–Crippen MR) is 78.9 cm³/mol. The van der Waals surface area contributed by atoms with Crippen molar-refractivity contribution in [2.45, 2.75) is 6.10 Å². The molecule has 0 bridgehead atoms. The van der Waals surface area contributed by atoms with E-state index in [0.717, 1.165) is 11.1 Å². The number of fused-ring (bicyclic) bond motifs is 1. The maximum Gasteiger partial charge on any atom is 0.271 e. The summed E-state index contributed by atoms with van der Waals surface area (Å²) >= 11 is 0. The zero-order chi connectivity index (χ0) is 14.7. The maximum atomic E-state index is 12.1. The maximum absolute atomic E-state index is 12.1. The molecule has 0 radical (unpaired) electrons. The van der Waals surface area contributed by atoms with Crippen LogP contribution >= 0.6 is 0 Å². The standard InChI is InChI=1S/C16H15N3O2/c20-15(12-6-2-1-3-7-12)11-17-16(21)14-10-13-8-4-5-9-19(13)18-14/h1-10,15,20H,11H2,(H,17,21). The number of nitrogens with zero attached hydrogens (tertiary/aromatic N) is 2. The molecule has 1 unspecified atom stereocenters. The van der Waals surface area contributed by atoms with Gasteiger partial charge in [-0.25, -0.2) is 4.52 Å². The number of carbonyl (C=O) groups excluding carboxylic acids is 1. The lowest BCUT2D eigenvalue weighted by atomic mass is 10.1. The summed E-state index contributed by atoms with van der Waals surface area (Å²) in [6, 6.07) is 16.5. The van der Waals surface area contributed by atoms with Crippen LogP contribution in [-0.4, -0.2) is 27.2 Å². The minimum Gasteiger partial charge on any atom is -0.387 e. The number of aromatic nitrogens is 2. The molecule has 106 valence electrons. The molecular formula is C16H15N3O2. The van der Waals surface area contributed by atoms with Crippen LogP contribution in [0.2, 0.25) is 0 Å². The highest BCUT2D eigenvalue weighted by Gasteiger charge is 2.13. The second-order valence-electron chi connectivity index (χ2n) is 4.74. The molecule has 0 aliphatic rings. The van der Waals surface area contributed by atoms with E-state index in [4.69, 9.17) is 0 Å². The first kappa shape index (κ1) is 13.3. The monoisotopic (exact) mass is 281 g/mol. The summed E-state index contributed by atoms with van der Waals surface area (Å²) in [6.45, 7) is 0.150. The third kappa shape index (κ3) is 2.93. The molecule has 0 saturated heterocycles. The largest absolute Gasteiger partial charge is 0.387 e. The van der Waals surface area contributed by atoms with Gasteiger partial charge in [0.1, 0.15) is 0 Å². The third-order valence-electron chi connectivity index (χ3n) is 3.24. The van der Waals surface area contributed by atoms with E-state index in [0.29, 0.717) is 5.69 Å². The Bertz CT molecular complexity index is 719. The molecule has 3 aromatic rings. The van der Waals surface area contributed by atoms with Gasteiger partial charge in [-0.3, -0.25) is 4.79 Å². The van der Waals surface area contributed by atoms with Crippen LogP contribution in [0.25, 0.3) is 5.52 Å². The lowest BCUT2D eigenvalue weighted by molar-refractivity contribution is 0.0911. The Balaban J connectivity index is 1.66. The Labute approximate surface area is 121 Å². The zero-order valence-electron chi connectivity index (χ0n) is 11.3. The highest BCUT2D eigenvalue weighted by atomic mass is 16.3. The molecule has 0 aliphatic carbocycles. The van der Waals surface area contributed by atoms with Crippen LogP contribution in [0.5, 0.6) is 0 Å². The SMILES string of the molecule is O=C(NCC(O)c1ccccc1)c1cc2ccccn2n1. The van der Waals surface area contributed by atoms with Gasteiger partial charge < -0.3 is 10.4 Å². The first-order valence-electron chi connectivity index (χ1n) is 6.69. The van der Waals surface area contributed by atoms with E-state index in [1.165, 1.54) is 0 Å². The average Bonchev–Trinajstić information content (AvgIpc) is 2.97. The molecule has 5 nitrogen and oxygen atoms in total. The van der Waals surface area contributed by atoms with E-state index in [2.05, 4.69) is 10.4 Å². The second kappa shape index (κ2) is 5.76. The van der Waals surface area contributed by atoms with Gasteiger partial charge in [0.05, 0.1) is 11.6 Å². The fourth-order valence-electron chi connectivity index (χ4n) is 2.12. The number of amides is 1. The quantitative estimate of drug-likeness (QED) is 0.766. The van der Waals surface area contributed by atoms with E-state index < -0.39 is 6.10 Å².